The Balaban J connectivity index is 1.65. The van der Waals surface area contributed by atoms with Gasteiger partial charge in [0.25, 0.3) is 0 Å². The van der Waals surface area contributed by atoms with E-state index in [1.54, 1.807) is 0 Å². The van der Waals surface area contributed by atoms with Gasteiger partial charge < -0.3 is 9.47 Å². The second kappa shape index (κ2) is 8.04. The highest BCUT2D eigenvalue weighted by atomic mass is 16.6. The number of carbonyl (C=O) groups excluding carboxylic acids is 3. The molecule has 0 heterocycles. The van der Waals surface area contributed by atoms with Crippen molar-refractivity contribution in [3.8, 4) is 0 Å². The first-order chi connectivity index (χ1) is 14.7. The predicted octanol–water partition coefficient (Wildman–Crippen LogP) is 5.16. The largest absolute Gasteiger partial charge is 0.465 e. The van der Waals surface area contributed by atoms with Crippen molar-refractivity contribution in [1.29, 1.82) is 0 Å². The van der Waals surface area contributed by atoms with Crippen LogP contribution >= 0.6 is 0 Å². The van der Waals surface area contributed by atoms with Crippen LogP contribution in [0.3, 0.4) is 0 Å². The van der Waals surface area contributed by atoms with Gasteiger partial charge in [-0.2, -0.15) is 0 Å². The minimum Gasteiger partial charge on any atom is -0.465 e. The maximum atomic E-state index is 12.2. The second-order valence-corrected chi connectivity index (χ2v) is 10.8. The summed E-state index contributed by atoms with van der Waals surface area (Å²) in [7, 11) is 0. The summed E-state index contributed by atoms with van der Waals surface area (Å²) >= 11 is 0. The molecule has 31 heavy (non-hydrogen) atoms. The fourth-order valence-corrected chi connectivity index (χ4v) is 7.66. The Bertz CT molecular complexity index is 800. The zero-order valence-electron chi connectivity index (χ0n) is 19.6. The summed E-state index contributed by atoms with van der Waals surface area (Å²) in [6.45, 7) is 8.58. The first-order valence-corrected chi connectivity index (χ1v) is 12.3. The van der Waals surface area contributed by atoms with Crippen LogP contribution in [0.2, 0.25) is 0 Å². The number of hydrogen-bond donors (Lipinski definition) is 0. The second-order valence-electron chi connectivity index (χ2n) is 10.8. The Kier molecular flexibility index (Phi) is 5.85. The molecule has 0 amide bonds. The Labute approximate surface area is 186 Å². The van der Waals surface area contributed by atoms with Gasteiger partial charge in [0, 0.05) is 30.1 Å². The van der Waals surface area contributed by atoms with Crippen LogP contribution in [0, 0.1) is 28.6 Å². The van der Waals surface area contributed by atoms with Gasteiger partial charge in [-0.15, -0.1) is 0 Å². The van der Waals surface area contributed by atoms with Gasteiger partial charge in [0.15, 0.2) is 5.78 Å². The smallest absolute Gasteiger partial charge is 0.306 e. The van der Waals surface area contributed by atoms with E-state index < -0.39 is 5.60 Å². The number of ketones is 1. The predicted molar refractivity (Wildman–Crippen MR) is 117 cm³/mol. The molecule has 0 aromatic carbocycles. The highest BCUT2D eigenvalue weighted by Crippen LogP contribution is 2.68. The van der Waals surface area contributed by atoms with Crippen LogP contribution in [0.15, 0.2) is 11.6 Å². The van der Waals surface area contributed by atoms with Gasteiger partial charge in [0.05, 0.1) is 0 Å². The van der Waals surface area contributed by atoms with Gasteiger partial charge in [0.2, 0.25) is 0 Å². The standard InChI is InChI=1S/C26H38O5/c1-5-22(28)30-16-26-14-9-18(27)15-17(26)7-8-19-20-11-13-25(4,31-23(29)6-2)24(20,3)12-10-21(19)26/h15,19-21H,5-14,16H2,1-4H3/t19-,20-,21-,24-,25+,26+/m0/s1. The maximum Gasteiger partial charge on any atom is 0.306 e. The summed E-state index contributed by atoms with van der Waals surface area (Å²) in [6, 6.07) is 0. The fourth-order valence-electron chi connectivity index (χ4n) is 7.66. The van der Waals surface area contributed by atoms with E-state index in [4.69, 9.17) is 9.47 Å². The molecule has 0 aromatic heterocycles. The van der Waals surface area contributed by atoms with Crippen LogP contribution < -0.4 is 0 Å². The average Bonchev–Trinajstić information content (AvgIpc) is 3.02. The topological polar surface area (TPSA) is 69.7 Å². The lowest BCUT2D eigenvalue weighted by Crippen LogP contribution is -2.56. The van der Waals surface area contributed by atoms with Crippen molar-refractivity contribution in [3.05, 3.63) is 11.6 Å². The van der Waals surface area contributed by atoms with E-state index in [0.717, 1.165) is 44.9 Å². The zero-order chi connectivity index (χ0) is 22.4. The van der Waals surface area contributed by atoms with Crippen LogP contribution in [-0.2, 0) is 23.9 Å². The molecule has 172 valence electrons. The average molecular weight is 431 g/mol. The van der Waals surface area contributed by atoms with Crippen LogP contribution in [0.4, 0.5) is 0 Å². The zero-order valence-corrected chi connectivity index (χ0v) is 19.6. The number of carbonyl (C=O) groups is 3. The Morgan fingerprint density at radius 2 is 1.68 bits per heavy atom. The molecule has 3 saturated carbocycles. The van der Waals surface area contributed by atoms with Gasteiger partial charge >= 0.3 is 11.9 Å². The first-order valence-electron chi connectivity index (χ1n) is 12.3. The van der Waals surface area contributed by atoms with E-state index in [1.807, 2.05) is 19.9 Å². The summed E-state index contributed by atoms with van der Waals surface area (Å²) in [6.07, 6.45) is 10.0. The van der Waals surface area contributed by atoms with Crippen LogP contribution in [0.25, 0.3) is 0 Å². The van der Waals surface area contributed by atoms with E-state index in [1.165, 1.54) is 5.57 Å². The molecule has 5 nitrogen and oxygen atoms in total. The molecule has 5 heteroatoms. The Hall–Kier alpha value is -1.65. The van der Waals surface area contributed by atoms with Crippen LogP contribution in [0.1, 0.15) is 91.9 Å². The van der Waals surface area contributed by atoms with Crippen LogP contribution in [0.5, 0.6) is 0 Å². The van der Waals surface area contributed by atoms with Crippen molar-refractivity contribution < 1.29 is 23.9 Å². The molecule has 0 N–H and O–H groups in total. The van der Waals surface area contributed by atoms with E-state index in [-0.39, 0.29) is 28.6 Å². The first kappa shape index (κ1) is 22.5. The van der Waals surface area contributed by atoms with E-state index >= 15 is 0 Å². The minimum absolute atomic E-state index is 0.0218. The summed E-state index contributed by atoms with van der Waals surface area (Å²) in [5.41, 5.74) is 0.597. The molecule has 4 rings (SSSR count). The number of hydrogen-bond acceptors (Lipinski definition) is 5. The lowest BCUT2D eigenvalue weighted by atomic mass is 9.46. The molecule has 6 atom stereocenters. The summed E-state index contributed by atoms with van der Waals surface area (Å²) in [4.78, 5) is 36.5. The van der Waals surface area contributed by atoms with Crippen molar-refractivity contribution in [3.63, 3.8) is 0 Å². The van der Waals surface area contributed by atoms with Crippen molar-refractivity contribution in [2.45, 2.75) is 97.5 Å². The summed E-state index contributed by atoms with van der Waals surface area (Å²) in [5, 5.41) is 0. The Morgan fingerprint density at radius 1 is 0.968 bits per heavy atom. The lowest BCUT2D eigenvalue weighted by Gasteiger charge is -2.59. The highest BCUT2D eigenvalue weighted by molar-refractivity contribution is 5.91. The van der Waals surface area contributed by atoms with E-state index in [2.05, 4.69) is 13.8 Å². The van der Waals surface area contributed by atoms with Crippen molar-refractivity contribution in [2.24, 2.45) is 28.6 Å². The Morgan fingerprint density at radius 3 is 2.39 bits per heavy atom. The van der Waals surface area contributed by atoms with Gasteiger partial charge in [-0.25, -0.2) is 0 Å². The van der Waals surface area contributed by atoms with Crippen molar-refractivity contribution in [2.75, 3.05) is 6.61 Å². The van der Waals surface area contributed by atoms with Crippen molar-refractivity contribution in [1.82, 2.24) is 0 Å². The quantitative estimate of drug-likeness (QED) is 0.563. The lowest BCUT2D eigenvalue weighted by molar-refractivity contribution is -0.181. The van der Waals surface area contributed by atoms with Crippen LogP contribution in [-0.4, -0.2) is 29.9 Å². The maximum absolute atomic E-state index is 12.2. The molecule has 0 bridgehead atoms. The third kappa shape index (κ3) is 3.47. The van der Waals surface area contributed by atoms with Gasteiger partial charge in [-0.3, -0.25) is 14.4 Å². The summed E-state index contributed by atoms with van der Waals surface area (Å²) < 4.78 is 11.8. The molecule has 0 aliphatic heterocycles. The number of esters is 2. The molecule has 4 aliphatic rings. The molecular formula is C26H38O5. The third-order valence-electron chi connectivity index (χ3n) is 9.62. The highest BCUT2D eigenvalue weighted by Gasteiger charge is 2.65. The molecule has 0 saturated heterocycles. The molecule has 0 aromatic rings. The molecular weight excluding hydrogens is 392 g/mol. The molecule has 0 radical (unpaired) electrons. The SMILES string of the molecule is CCC(=O)OC[C@]12CCC(=O)C=C1CC[C@@H]1[C@@H]2CC[C@@]2(C)[C@H]1CC[C@@]2(C)OC(=O)CC. The van der Waals surface area contributed by atoms with Gasteiger partial charge in [-0.05, 0) is 75.7 Å². The van der Waals surface area contributed by atoms with E-state index in [9.17, 15) is 14.4 Å². The van der Waals surface area contributed by atoms with Crippen molar-refractivity contribution >= 4 is 17.7 Å². The monoisotopic (exact) mass is 430 g/mol. The minimum atomic E-state index is -0.407. The molecule has 0 spiro atoms. The molecule has 4 aliphatic carbocycles. The third-order valence-corrected chi connectivity index (χ3v) is 9.62. The van der Waals surface area contributed by atoms with Gasteiger partial charge in [-0.1, -0.05) is 26.3 Å². The van der Waals surface area contributed by atoms with E-state index in [0.29, 0.717) is 43.6 Å². The number of ether oxygens (including phenoxy) is 2. The molecule has 3 fully saturated rings. The number of fused-ring (bicyclic) bond motifs is 5. The fraction of sp³-hybridized carbons (Fsp3) is 0.808. The summed E-state index contributed by atoms with van der Waals surface area (Å²) in [5.74, 6) is 1.40. The molecule has 0 unspecified atom stereocenters. The van der Waals surface area contributed by atoms with Gasteiger partial charge in [0.1, 0.15) is 12.2 Å². The number of rotatable bonds is 5. The normalized spacial score (nSPS) is 41.5.